The first-order chi connectivity index (χ1) is 18.5. The highest BCUT2D eigenvalue weighted by Gasteiger charge is 2.69. The second kappa shape index (κ2) is 10.2. The number of benzene rings is 1. The number of pyridine rings is 1. The van der Waals surface area contributed by atoms with Gasteiger partial charge in [-0.15, -0.1) is 0 Å². The number of piperidine rings is 1. The molecular formula is C28H34F3N5O4. The number of halogens is 3. The maximum absolute atomic E-state index is 13.7. The molecule has 4 rings (SSSR count). The molecule has 2 heterocycles. The maximum Gasteiger partial charge on any atom is 0.471 e. The monoisotopic (exact) mass is 561 g/mol. The molecule has 1 aromatic carbocycles. The van der Waals surface area contributed by atoms with Crippen LogP contribution >= 0.6 is 0 Å². The van der Waals surface area contributed by atoms with Crippen LogP contribution in [0.5, 0.6) is 0 Å². The Kier molecular flexibility index (Phi) is 7.53. The van der Waals surface area contributed by atoms with Gasteiger partial charge in [0.15, 0.2) is 0 Å². The van der Waals surface area contributed by atoms with E-state index in [0.717, 1.165) is 5.39 Å². The van der Waals surface area contributed by atoms with Crippen LogP contribution in [-0.4, -0.2) is 63.9 Å². The van der Waals surface area contributed by atoms with E-state index in [4.69, 9.17) is 0 Å². The zero-order valence-electron chi connectivity index (χ0n) is 23.0. The molecule has 4 N–H and O–H groups in total. The van der Waals surface area contributed by atoms with Gasteiger partial charge in [0.1, 0.15) is 18.3 Å². The van der Waals surface area contributed by atoms with E-state index in [-0.39, 0.29) is 35.8 Å². The average Bonchev–Trinajstić information content (AvgIpc) is 3.18. The number of H-pyrrole nitrogens is 1. The summed E-state index contributed by atoms with van der Waals surface area (Å²) in [6.45, 7) is 8.78. The summed E-state index contributed by atoms with van der Waals surface area (Å²) >= 11 is 0. The maximum atomic E-state index is 13.7. The van der Waals surface area contributed by atoms with Crippen molar-refractivity contribution in [3.63, 3.8) is 0 Å². The number of nitrogens with one attached hydrogen (secondary N) is 3. The molecule has 2 fully saturated rings. The van der Waals surface area contributed by atoms with E-state index >= 15 is 0 Å². The van der Waals surface area contributed by atoms with Crippen molar-refractivity contribution in [2.75, 3.05) is 6.54 Å². The normalized spacial score (nSPS) is 24.1. The predicted octanol–water partition coefficient (Wildman–Crippen LogP) is 2.45. The number of carbonyl (C=O) groups is 2. The lowest BCUT2D eigenvalue weighted by Crippen LogP contribution is -2.62. The van der Waals surface area contributed by atoms with Crippen LogP contribution in [0.4, 0.5) is 13.2 Å². The van der Waals surface area contributed by atoms with Crippen LogP contribution in [0.3, 0.4) is 0 Å². The summed E-state index contributed by atoms with van der Waals surface area (Å²) in [4.78, 5) is 42.1. The Bertz CT molecular complexity index is 1410. The van der Waals surface area contributed by atoms with Crippen molar-refractivity contribution < 1.29 is 27.9 Å². The number of amides is 2. The van der Waals surface area contributed by atoms with Gasteiger partial charge in [-0.1, -0.05) is 52.8 Å². The summed E-state index contributed by atoms with van der Waals surface area (Å²) in [5.74, 6) is -3.15. The van der Waals surface area contributed by atoms with Crippen molar-refractivity contribution in [2.24, 2.45) is 22.7 Å². The molecule has 0 bridgehead atoms. The highest BCUT2D eigenvalue weighted by atomic mass is 19.4. The number of aliphatic hydroxyl groups is 1. The van der Waals surface area contributed by atoms with Crippen LogP contribution in [0, 0.1) is 34.0 Å². The number of rotatable bonds is 7. The van der Waals surface area contributed by atoms with Crippen LogP contribution in [-0.2, 0) is 16.0 Å². The number of hydrogen-bond donors (Lipinski definition) is 4. The first kappa shape index (κ1) is 29.6. The highest BCUT2D eigenvalue weighted by Crippen LogP contribution is 2.65. The second-order valence-electron chi connectivity index (χ2n) is 12.4. The number of carbonyl (C=O) groups excluding carboxylic acids is 2. The number of likely N-dealkylation sites (tertiary alicyclic amines) is 1. The molecule has 0 spiro atoms. The quantitative estimate of drug-likeness (QED) is 0.383. The minimum absolute atomic E-state index is 0.0132. The van der Waals surface area contributed by atoms with Gasteiger partial charge in [-0.2, -0.15) is 18.4 Å². The van der Waals surface area contributed by atoms with Crippen molar-refractivity contribution >= 4 is 22.7 Å². The largest absolute Gasteiger partial charge is 0.471 e. The fourth-order valence-electron chi connectivity index (χ4n) is 5.98. The van der Waals surface area contributed by atoms with Gasteiger partial charge in [0.05, 0.1) is 12.1 Å². The molecule has 40 heavy (non-hydrogen) atoms. The van der Waals surface area contributed by atoms with Crippen LogP contribution in [0.15, 0.2) is 35.1 Å². The number of nitriles is 1. The lowest BCUT2D eigenvalue weighted by atomic mass is 9.85. The molecule has 0 radical (unpaired) electrons. The molecule has 1 saturated heterocycles. The van der Waals surface area contributed by atoms with Gasteiger partial charge in [-0.3, -0.25) is 19.7 Å². The summed E-state index contributed by atoms with van der Waals surface area (Å²) in [7, 11) is 0. The number of aromatic amines is 1. The second-order valence-corrected chi connectivity index (χ2v) is 12.4. The fourth-order valence-corrected chi connectivity index (χ4v) is 5.98. The summed E-state index contributed by atoms with van der Waals surface area (Å²) < 4.78 is 39.1. The fraction of sp³-hybridized carbons (Fsp3) is 0.571. The van der Waals surface area contributed by atoms with Crippen LogP contribution < -0.4 is 16.2 Å². The van der Waals surface area contributed by atoms with Crippen molar-refractivity contribution in [1.82, 2.24) is 20.5 Å². The van der Waals surface area contributed by atoms with Gasteiger partial charge in [0, 0.05) is 24.0 Å². The number of aliphatic hydroxyl groups excluding tert-OH is 1. The molecule has 1 aromatic heterocycles. The predicted molar refractivity (Wildman–Crippen MR) is 141 cm³/mol. The van der Waals surface area contributed by atoms with E-state index < -0.39 is 47.8 Å². The van der Waals surface area contributed by atoms with Crippen LogP contribution in [0.25, 0.3) is 10.9 Å². The smallest absolute Gasteiger partial charge is 0.376 e. The van der Waals surface area contributed by atoms with E-state index in [1.54, 1.807) is 39.0 Å². The number of hydrogen-bond acceptors (Lipinski definition) is 6. The van der Waals surface area contributed by atoms with Gasteiger partial charge < -0.3 is 20.3 Å². The molecule has 2 aromatic rings. The molecule has 2 unspecified atom stereocenters. The first-order valence-electron chi connectivity index (χ1n) is 13.1. The van der Waals surface area contributed by atoms with Crippen LogP contribution in [0.1, 0.15) is 40.2 Å². The molecule has 216 valence electrons. The molecule has 2 aliphatic rings. The lowest BCUT2D eigenvalue weighted by Gasteiger charge is -2.40. The third kappa shape index (κ3) is 5.58. The Morgan fingerprint density at radius 3 is 2.50 bits per heavy atom. The molecular weight excluding hydrogens is 527 g/mol. The molecule has 1 aliphatic carbocycles. The van der Waals surface area contributed by atoms with Crippen molar-refractivity contribution in [1.29, 1.82) is 5.26 Å². The van der Waals surface area contributed by atoms with Crippen LogP contribution in [0.2, 0.25) is 0 Å². The topological polar surface area (TPSA) is 138 Å². The third-order valence-corrected chi connectivity index (χ3v) is 8.30. The summed E-state index contributed by atoms with van der Waals surface area (Å²) in [6, 6.07) is 7.55. The summed E-state index contributed by atoms with van der Waals surface area (Å²) in [5, 5.41) is 26.6. The Hall–Kier alpha value is -3.43. The number of aromatic nitrogens is 1. The van der Waals surface area contributed by atoms with Crippen molar-refractivity contribution in [3.05, 3.63) is 46.2 Å². The minimum atomic E-state index is -5.17. The zero-order valence-corrected chi connectivity index (χ0v) is 23.0. The van der Waals surface area contributed by atoms with Gasteiger partial charge in [-0.25, -0.2) is 0 Å². The molecule has 2 amide bonds. The first-order valence-corrected chi connectivity index (χ1v) is 13.1. The summed E-state index contributed by atoms with van der Waals surface area (Å²) in [5.41, 5.74) is -0.698. The Morgan fingerprint density at radius 1 is 1.25 bits per heavy atom. The minimum Gasteiger partial charge on any atom is -0.376 e. The number of fused-ring (bicyclic) bond motifs is 2. The van der Waals surface area contributed by atoms with Gasteiger partial charge >= 0.3 is 12.1 Å². The van der Waals surface area contributed by atoms with E-state index in [9.17, 15) is 37.9 Å². The SMILES string of the molecule is CC(C)(C)[C@H](NC(=O)C(F)(F)F)C(=O)N1C[C@H]2[C@@H]([C@H]1C(O)NC(C#N)Cc1cc3ccccc3[nH]c1=O)C2(C)C. The average molecular weight is 562 g/mol. The number of nitrogens with zero attached hydrogens (tertiary/aromatic N) is 2. The van der Waals surface area contributed by atoms with Gasteiger partial charge in [0.2, 0.25) is 5.91 Å². The van der Waals surface area contributed by atoms with E-state index in [0.29, 0.717) is 11.1 Å². The van der Waals surface area contributed by atoms with Crippen molar-refractivity contribution in [2.45, 2.75) is 71.6 Å². The van der Waals surface area contributed by atoms with Crippen molar-refractivity contribution in [3.8, 4) is 6.07 Å². The lowest BCUT2D eigenvalue weighted by molar-refractivity contribution is -0.176. The van der Waals surface area contributed by atoms with E-state index in [1.807, 2.05) is 31.3 Å². The zero-order chi connectivity index (χ0) is 29.8. The molecule has 6 atom stereocenters. The van der Waals surface area contributed by atoms with E-state index in [2.05, 4.69) is 16.4 Å². The van der Waals surface area contributed by atoms with Gasteiger partial charge in [0.25, 0.3) is 5.56 Å². The molecule has 9 nitrogen and oxygen atoms in total. The van der Waals surface area contributed by atoms with E-state index in [1.165, 1.54) is 4.90 Å². The number of alkyl halides is 3. The standard InChI is InChI=1S/C28H34F3N5O4/c1-26(2,3)21(35-25(40)28(29,30)31)24(39)36-13-17-19(27(17,4)5)20(36)23(38)33-16(12-32)11-15-10-14-8-6-7-9-18(14)34-22(15)37/h6-10,16-17,19-21,23,33,38H,11,13H2,1-5H3,(H,34,37)(H,35,40)/t16?,17-,19-,20-,21+,23?/m0/s1. The highest BCUT2D eigenvalue weighted by molar-refractivity contribution is 5.91. The molecule has 12 heteroatoms. The Balaban J connectivity index is 1.56. The number of para-hydroxylation sites is 1. The third-order valence-electron chi connectivity index (χ3n) is 8.30. The summed E-state index contributed by atoms with van der Waals surface area (Å²) in [6.07, 6.45) is -6.61. The Morgan fingerprint density at radius 2 is 1.90 bits per heavy atom. The molecule has 1 saturated carbocycles. The van der Waals surface area contributed by atoms with Gasteiger partial charge in [-0.05, 0) is 40.2 Å². The Labute approximate surface area is 229 Å². The molecule has 1 aliphatic heterocycles.